The number of nitro groups is 1. The van der Waals surface area contributed by atoms with Gasteiger partial charge in [0.2, 0.25) is 5.58 Å². The molecule has 5 heteroatoms. The lowest BCUT2D eigenvalue weighted by molar-refractivity contribution is -0.383. The minimum absolute atomic E-state index is 0.0502. The van der Waals surface area contributed by atoms with Crippen LogP contribution in [0.25, 0.3) is 11.0 Å². The number of nitrogens with zero attached hydrogens (tertiary/aromatic N) is 1. The minimum atomic E-state index is -0.481. The first-order valence-electron chi connectivity index (χ1n) is 3.92. The van der Waals surface area contributed by atoms with E-state index in [2.05, 4.69) is 0 Å². The van der Waals surface area contributed by atoms with Crippen molar-refractivity contribution in [2.75, 3.05) is 7.11 Å². The third-order valence-electron chi connectivity index (χ3n) is 1.97. The van der Waals surface area contributed by atoms with Crippen molar-refractivity contribution in [1.29, 1.82) is 0 Å². The van der Waals surface area contributed by atoms with E-state index in [4.69, 9.17) is 9.15 Å². The zero-order valence-corrected chi connectivity index (χ0v) is 7.39. The SMILES string of the molecule is COc1ccc([N+](=O)[O-])c2occc12. The summed E-state index contributed by atoms with van der Waals surface area (Å²) >= 11 is 0. The Kier molecular flexibility index (Phi) is 1.85. The molecule has 1 heterocycles. The Morgan fingerprint density at radius 3 is 2.86 bits per heavy atom. The van der Waals surface area contributed by atoms with E-state index in [0.29, 0.717) is 11.1 Å². The molecular formula is C9H7NO4. The van der Waals surface area contributed by atoms with E-state index in [1.54, 1.807) is 12.1 Å². The second kappa shape index (κ2) is 3.02. The van der Waals surface area contributed by atoms with E-state index >= 15 is 0 Å². The molecule has 0 amide bonds. The summed E-state index contributed by atoms with van der Waals surface area (Å²) in [6.45, 7) is 0. The van der Waals surface area contributed by atoms with Gasteiger partial charge in [-0.15, -0.1) is 0 Å². The van der Waals surface area contributed by atoms with Gasteiger partial charge >= 0.3 is 5.69 Å². The fourth-order valence-corrected chi connectivity index (χ4v) is 1.34. The quantitative estimate of drug-likeness (QED) is 0.542. The van der Waals surface area contributed by atoms with Crippen LogP contribution in [0, 0.1) is 10.1 Å². The van der Waals surface area contributed by atoms with Crippen molar-refractivity contribution >= 4 is 16.7 Å². The molecule has 0 bridgehead atoms. The first-order valence-corrected chi connectivity index (χ1v) is 3.92. The smallest absolute Gasteiger partial charge is 0.312 e. The standard InChI is InChI=1S/C9H7NO4/c1-13-8-3-2-7(10(11)12)9-6(8)4-5-14-9/h2-5H,1H3. The zero-order chi connectivity index (χ0) is 10.1. The van der Waals surface area contributed by atoms with E-state index in [1.165, 1.54) is 19.4 Å². The van der Waals surface area contributed by atoms with Gasteiger partial charge in [0.15, 0.2) is 0 Å². The third kappa shape index (κ3) is 1.10. The number of methoxy groups -OCH3 is 1. The van der Waals surface area contributed by atoms with Crippen LogP contribution in [0.2, 0.25) is 0 Å². The summed E-state index contributed by atoms with van der Waals surface area (Å²) in [6, 6.07) is 4.56. The van der Waals surface area contributed by atoms with Crippen LogP contribution in [0.4, 0.5) is 5.69 Å². The van der Waals surface area contributed by atoms with E-state index < -0.39 is 4.92 Å². The summed E-state index contributed by atoms with van der Waals surface area (Å²) in [4.78, 5) is 10.1. The van der Waals surface area contributed by atoms with Crippen LogP contribution >= 0.6 is 0 Å². The molecule has 2 rings (SSSR count). The first-order chi connectivity index (χ1) is 6.74. The average Bonchev–Trinajstić information content (AvgIpc) is 2.64. The Morgan fingerprint density at radius 1 is 1.43 bits per heavy atom. The normalized spacial score (nSPS) is 10.4. The average molecular weight is 193 g/mol. The molecule has 0 aliphatic carbocycles. The Hall–Kier alpha value is -2.04. The highest BCUT2D eigenvalue weighted by Crippen LogP contribution is 2.33. The van der Waals surface area contributed by atoms with Crippen LogP contribution in [0.15, 0.2) is 28.9 Å². The first kappa shape index (κ1) is 8.55. The summed E-state index contributed by atoms with van der Waals surface area (Å²) in [7, 11) is 1.51. The number of ether oxygens (including phenoxy) is 1. The molecule has 0 aliphatic heterocycles. The summed E-state index contributed by atoms with van der Waals surface area (Å²) in [6.07, 6.45) is 1.40. The highest BCUT2D eigenvalue weighted by Gasteiger charge is 2.17. The van der Waals surface area contributed by atoms with Crippen LogP contribution in [0.5, 0.6) is 5.75 Å². The lowest BCUT2D eigenvalue weighted by Gasteiger charge is -2.00. The van der Waals surface area contributed by atoms with Crippen LogP contribution in [-0.2, 0) is 0 Å². The van der Waals surface area contributed by atoms with E-state index in [1.807, 2.05) is 0 Å². The molecule has 0 atom stereocenters. The van der Waals surface area contributed by atoms with Gasteiger partial charge in [-0.25, -0.2) is 0 Å². The highest BCUT2D eigenvalue weighted by atomic mass is 16.6. The van der Waals surface area contributed by atoms with Gasteiger partial charge in [-0.05, 0) is 12.1 Å². The molecule has 0 N–H and O–H groups in total. The van der Waals surface area contributed by atoms with Crippen molar-refractivity contribution in [3.05, 3.63) is 34.6 Å². The molecule has 0 saturated heterocycles. The van der Waals surface area contributed by atoms with Crippen molar-refractivity contribution in [3.8, 4) is 5.75 Å². The topological polar surface area (TPSA) is 65.5 Å². The van der Waals surface area contributed by atoms with Crippen molar-refractivity contribution in [3.63, 3.8) is 0 Å². The fraction of sp³-hybridized carbons (Fsp3) is 0.111. The third-order valence-corrected chi connectivity index (χ3v) is 1.97. The largest absolute Gasteiger partial charge is 0.496 e. The minimum Gasteiger partial charge on any atom is -0.496 e. The van der Waals surface area contributed by atoms with Crippen LogP contribution in [-0.4, -0.2) is 12.0 Å². The molecule has 0 aliphatic rings. The maximum absolute atomic E-state index is 10.6. The van der Waals surface area contributed by atoms with Gasteiger partial charge in [-0.1, -0.05) is 0 Å². The van der Waals surface area contributed by atoms with Gasteiger partial charge in [-0.2, -0.15) is 0 Å². The van der Waals surface area contributed by atoms with E-state index in [9.17, 15) is 10.1 Å². The van der Waals surface area contributed by atoms with E-state index in [-0.39, 0.29) is 11.3 Å². The Balaban J connectivity index is 2.78. The second-order valence-corrected chi connectivity index (χ2v) is 2.71. The number of benzene rings is 1. The highest BCUT2D eigenvalue weighted by molar-refractivity contribution is 5.90. The van der Waals surface area contributed by atoms with Gasteiger partial charge in [0.05, 0.1) is 23.7 Å². The van der Waals surface area contributed by atoms with Gasteiger partial charge in [0.25, 0.3) is 0 Å². The molecule has 1 aromatic heterocycles. The van der Waals surface area contributed by atoms with Gasteiger partial charge in [-0.3, -0.25) is 10.1 Å². The molecule has 0 radical (unpaired) electrons. The maximum Gasteiger partial charge on any atom is 0.312 e. The van der Waals surface area contributed by atoms with Crippen LogP contribution in [0.1, 0.15) is 0 Å². The molecule has 14 heavy (non-hydrogen) atoms. The van der Waals surface area contributed by atoms with Crippen molar-refractivity contribution in [1.82, 2.24) is 0 Å². The molecule has 0 saturated carbocycles. The van der Waals surface area contributed by atoms with Crippen molar-refractivity contribution in [2.45, 2.75) is 0 Å². The molecule has 0 fully saturated rings. The summed E-state index contributed by atoms with van der Waals surface area (Å²) in [5, 5.41) is 11.2. The number of hydrogen-bond acceptors (Lipinski definition) is 4. The number of nitro benzene ring substituents is 1. The predicted molar refractivity (Wildman–Crippen MR) is 49.4 cm³/mol. The van der Waals surface area contributed by atoms with Crippen LogP contribution < -0.4 is 4.74 Å². The fourth-order valence-electron chi connectivity index (χ4n) is 1.34. The number of hydrogen-bond donors (Lipinski definition) is 0. The van der Waals surface area contributed by atoms with E-state index in [0.717, 1.165) is 0 Å². The molecule has 5 nitrogen and oxygen atoms in total. The predicted octanol–water partition coefficient (Wildman–Crippen LogP) is 2.35. The second-order valence-electron chi connectivity index (χ2n) is 2.71. The summed E-state index contributed by atoms with van der Waals surface area (Å²) < 4.78 is 10.1. The number of non-ortho nitro benzene ring substituents is 1. The molecule has 0 unspecified atom stereocenters. The number of rotatable bonds is 2. The Bertz CT molecular complexity index is 489. The number of fused-ring (bicyclic) bond motifs is 1. The summed E-state index contributed by atoms with van der Waals surface area (Å²) in [5.41, 5.74) is 0.195. The van der Waals surface area contributed by atoms with Crippen LogP contribution in [0.3, 0.4) is 0 Å². The lowest BCUT2D eigenvalue weighted by atomic mass is 10.2. The molecule has 0 spiro atoms. The van der Waals surface area contributed by atoms with Gasteiger partial charge < -0.3 is 9.15 Å². The Labute approximate surface area is 79.0 Å². The number of furan rings is 1. The summed E-state index contributed by atoms with van der Waals surface area (Å²) in [5.74, 6) is 0.569. The Morgan fingerprint density at radius 2 is 2.21 bits per heavy atom. The van der Waals surface area contributed by atoms with Gasteiger partial charge in [0.1, 0.15) is 5.75 Å². The van der Waals surface area contributed by atoms with Gasteiger partial charge in [0, 0.05) is 6.07 Å². The maximum atomic E-state index is 10.6. The molecular weight excluding hydrogens is 186 g/mol. The molecule has 1 aromatic carbocycles. The van der Waals surface area contributed by atoms with Crippen molar-refractivity contribution in [2.24, 2.45) is 0 Å². The zero-order valence-electron chi connectivity index (χ0n) is 7.39. The monoisotopic (exact) mass is 193 g/mol. The molecule has 72 valence electrons. The lowest BCUT2D eigenvalue weighted by Crippen LogP contribution is -1.90. The molecule has 2 aromatic rings. The van der Waals surface area contributed by atoms with Crippen molar-refractivity contribution < 1.29 is 14.1 Å².